The molecule has 20 heavy (non-hydrogen) atoms. The molecule has 0 aromatic heterocycles. The van der Waals surface area contributed by atoms with Gasteiger partial charge in [0.15, 0.2) is 0 Å². The van der Waals surface area contributed by atoms with E-state index in [1.54, 1.807) is 0 Å². The van der Waals surface area contributed by atoms with E-state index in [0.717, 1.165) is 19.3 Å². The Morgan fingerprint density at radius 2 is 1.80 bits per heavy atom. The molecule has 1 heterocycles. The molecule has 2 aliphatic rings. The van der Waals surface area contributed by atoms with E-state index in [9.17, 15) is 4.79 Å². The molecule has 2 unspecified atom stereocenters. The number of nitrogens with one attached hydrogen (secondary N) is 1. The van der Waals surface area contributed by atoms with Crippen LogP contribution in [0.3, 0.4) is 0 Å². The number of amides is 1. The summed E-state index contributed by atoms with van der Waals surface area (Å²) in [4.78, 5) is 14.6. The van der Waals surface area contributed by atoms with Gasteiger partial charge in [-0.2, -0.15) is 0 Å². The van der Waals surface area contributed by atoms with Crippen LogP contribution >= 0.6 is 0 Å². The van der Waals surface area contributed by atoms with Crippen molar-refractivity contribution in [1.82, 2.24) is 10.2 Å². The Morgan fingerprint density at radius 1 is 1.20 bits per heavy atom. The molecule has 116 valence electrons. The van der Waals surface area contributed by atoms with Crippen LogP contribution in [0.1, 0.15) is 65.2 Å². The zero-order valence-electron chi connectivity index (χ0n) is 13.2. The molecule has 2 atom stereocenters. The Kier molecular flexibility index (Phi) is 5.44. The second kappa shape index (κ2) is 6.90. The number of nitrogens with two attached hydrogens (primary N) is 1. The fraction of sp³-hybridized carbons (Fsp3) is 0.938. The van der Waals surface area contributed by atoms with E-state index in [1.807, 2.05) is 0 Å². The molecule has 1 amide bonds. The fourth-order valence-electron chi connectivity index (χ4n) is 3.95. The summed E-state index contributed by atoms with van der Waals surface area (Å²) < 4.78 is 0. The summed E-state index contributed by atoms with van der Waals surface area (Å²) in [5, 5.41) is 3.45. The third-order valence-corrected chi connectivity index (χ3v) is 4.93. The summed E-state index contributed by atoms with van der Waals surface area (Å²) in [5.41, 5.74) is 5.24. The summed E-state index contributed by atoms with van der Waals surface area (Å²) in [5.74, 6) is -0.166. The molecule has 1 aliphatic heterocycles. The van der Waals surface area contributed by atoms with Crippen molar-refractivity contribution in [2.45, 2.75) is 82.8 Å². The number of nitrogens with zero attached hydrogens (tertiary/aromatic N) is 1. The highest BCUT2D eigenvalue weighted by Crippen LogP contribution is 2.34. The molecule has 0 aromatic rings. The highest BCUT2D eigenvalue weighted by molar-refractivity contribution is 5.85. The van der Waals surface area contributed by atoms with Crippen molar-refractivity contribution in [3.05, 3.63) is 0 Å². The molecule has 0 radical (unpaired) electrons. The smallest absolute Gasteiger partial charge is 0.237 e. The first kappa shape index (κ1) is 15.8. The Hall–Kier alpha value is -0.610. The number of primary amides is 1. The summed E-state index contributed by atoms with van der Waals surface area (Å²) >= 11 is 0. The maximum atomic E-state index is 12.0. The lowest BCUT2D eigenvalue weighted by Crippen LogP contribution is -2.56. The first-order valence-electron chi connectivity index (χ1n) is 8.35. The van der Waals surface area contributed by atoms with Crippen LogP contribution in [0.15, 0.2) is 0 Å². The van der Waals surface area contributed by atoms with Crippen LogP contribution in [0.25, 0.3) is 0 Å². The fourth-order valence-corrected chi connectivity index (χ4v) is 3.95. The molecular formula is C16H31N3O. The van der Waals surface area contributed by atoms with Gasteiger partial charge in [-0.3, -0.25) is 4.79 Å². The molecule has 1 saturated heterocycles. The van der Waals surface area contributed by atoms with Crippen molar-refractivity contribution in [2.75, 3.05) is 13.1 Å². The monoisotopic (exact) mass is 281 g/mol. The lowest BCUT2D eigenvalue weighted by Gasteiger charge is -2.33. The van der Waals surface area contributed by atoms with Crippen LogP contribution in [0.2, 0.25) is 0 Å². The SMILES string of the molecule is CC(C)NC1(C(N)=O)CCC(N2CCCCCCC2)C1. The van der Waals surface area contributed by atoms with Gasteiger partial charge in [-0.05, 0) is 59.0 Å². The van der Waals surface area contributed by atoms with Crippen molar-refractivity contribution in [1.29, 1.82) is 0 Å². The molecule has 0 spiro atoms. The Bertz CT molecular complexity index is 324. The minimum Gasteiger partial charge on any atom is -0.368 e. The van der Waals surface area contributed by atoms with Gasteiger partial charge in [0, 0.05) is 12.1 Å². The molecule has 2 rings (SSSR count). The zero-order chi connectivity index (χ0) is 14.6. The van der Waals surface area contributed by atoms with E-state index in [1.165, 1.54) is 45.2 Å². The van der Waals surface area contributed by atoms with Crippen LogP contribution in [0, 0.1) is 0 Å². The maximum absolute atomic E-state index is 12.0. The van der Waals surface area contributed by atoms with Gasteiger partial charge in [-0.15, -0.1) is 0 Å². The second-order valence-electron chi connectivity index (χ2n) is 6.95. The van der Waals surface area contributed by atoms with Crippen LogP contribution in [-0.4, -0.2) is 41.5 Å². The highest BCUT2D eigenvalue weighted by atomic mass is 16.1. The number of carbonyl (C=O) groups excluding carboxylic acids is 1. The predicted molar refractivity (Wildman–Crippen MR) is 82.5 cm³/mol. The molecular weight excluding hydrogens is 250 g/mol. The van der Waals surface area contributed by atoms with E-state index in [2.05, 4.69) is 24.1 Å². The Balaban J connectivity index is 1.99. The van der Waals surface area contributed by atoms with Crippen molar-refractivity contribution < 1.29 is 4.79 Å². The zero-order valence-corrected chi connectivity index (χ0v) is 13.2. The van der Waals surface area contributed by atoms with Crippen molar-refractivity contribution in [2.24, 2.45) is 5.73 Å². The normalized spacial score (nSPS) is 33.0. The molecule has 0 aromatic carbocycles. The second-order valence-corrected chi connectivity index (χ2v) is 6.95. The van der Waals surface area contributed by atoms with Gasteiger partial charge in [0.05, 0.1) is 5.54 Å². The maximum Gasteiger partial charge on any atom is 0.237 e. The molecule has 4 heteroatoms. The van der Waals surface area contributed by atoms with Gasteiger partial charge in [0.1, 0.15) is 0 Å². The molecule has 0 bridgehead atoms. The minimum absolute atomic E-state index is 0.166. The molecule has 3 N–H and O–H groups in total. The average Bonchev–Trinajstić information content (AvgIpc) is 2.73. The van der Waals surface area contributed by atoms with E-state index >= 15 is 0 Å². The number of rotatable bonds is 4. The van der Waals surface area contributed by atoms with Crippen LogP contribution in [0.4, 0.5) is 0 Å². The first-order chi connectivity index (χ1) is 9.53. The summed E-state index contributed by atoms with van der Waals surface area (Å²) in [6.07, 6.45) is 9.59. The first-order valence-corrected chi connectivity index (χ1v) is 8.35. The summed E-state index contributed by atoms with van der Waals surface area (Å²) in [6, 6.07) is 0.834. The minimum atomic E-state index is -0.471. The van der Waals surface area contributed by atoms with Gasteiger partial charge >= 0.3 is 0 Å². The van der Waals surface area contributed by atoms with E-state index in [0.29, 0.717) is 12.1 Å². The van der Waals surface area contributed by atoms with Gasteiger partial charge < -0.3 is 16.0 Å². The highest BCUT2D eigenvalue weighted by Gasteiger charge is 2.45. The number of hydrogen-bond donors (Lipinski definition) is 2. The van der Waals surface area contributed by atoms with Gasteiger partial charge in [-0.25, -0.2) is 0 Å². The Morgan fingerprint density at radius 3 is 2.35 bits per heavy atom. The van der Waals surface area contributed by atoms with Gasteiger partial charge in [-0.1, -0.05) is 19.3 Å². The van der Waals surface area contributed by atoms with Crippen LogP contribution < -0.4 is 11.1 Å². The van der Waals surface area contributed by atoms with Crippen molar-refractivity contribution >= 4 is 5.91 Å². The third-order valence-electron chi connectivity index (χ3n) is 4.93. The molecule has 2 fully saturated rings. The average molecular weight is 281 g/mol. The molecule has 4 nitrogen and oxygen atoms in total. The summed E-state index contributed by atoms with van der Waals surface area (Å²) in [6.45, 7) is 6.57. The lowest BCUT2D eigenvalue weighted by molar-refractivity contribution is -0.124. The number of carbonyl (C=O) groups is 1. The van der Waals surface area contributed by atoms with Gasteiger partial charge in [0.25, 0.3) is 0 Å². The van der Waals surface area contributed by atoms with E-state index < -0.39 is 5.54 Å². The standard InChI is InChI=1S/C16H31N3O/c1-13(2)18-16(15(17)20)9-8-14(12-16)19-10-6-4-3-5-7-11-19/h13-14,18H,3-12H2,1-2H3,(H2,17,20). The number of hydrogen-bond acceptors (Lipinski definition) is 3. The third kappa shape index (κ3) is 3.73. The van der Waals surface area contributed by atoms with Crippen molar-refractivity contribution in [3.63, 3.8) is 0 Å². The predicted octanol–water partition coefficient (Wildman–Crippen LogP) is 2.03. The number of likely N-dealkylation sites (tertiary alicyclic amines) is 1. The summed E-state index contributed by atoms with van der Waals surface area (Å²) in [7, 11) is 0. The van der Waals surface area contributed by atoms with E-state index in [-0.39, 0.29) is 5.91 Å². The lowest BCUT2D eigenvalue weighted by atomic mass is 9.95. The Labute approximate surface area is 123 Å². The topological polar surface area (TPSA) is 58.4 Å². The largest absolute Gasteiger partial charge is 0.368 e. The molecule has 1 aliphatic carbocycles. The van der Waals surface area contributed by atoms with E-state index in [4.69, 9.17) is 5.73 Å². The van der Waals surface area contributed by atoms with Crippen LogP contribution in [0.5, 0.6) is 0 Å². The van der Waals surface area contributed by atoms with Crippen molar-refractivity contribution in [3.8, 4) is 0 Å². The quantitative estimate of drug-likeness (QED) is 0.829. The van der Waals surface area contributed by atoms with Gasteiger partial charge in [0.2, 0.25) is 5.91 Å². The van der Waals surface area contributed by atoms with Crippen LogP contribution in [-0.2, 0) is 4.79 Å². The molecule has 1 saturated carbocycles.